The molecule has 84 valence electrons. The van der Waals surface area contributed by atoms with Gasteiger partial charge in [0.15, 0.2) is 0 Å². The van der Waals surface area contributed by atoms with Crippen molar-refractivity contribution in [1.29, 1.82) is 0 Å². The number of para-hydroxylation sites is 1. The van der Waals surface area contributed by atoms with E-state index in [1.54, 1.807) is 6.92 Å². The predicted molar refractivity (Wildman–Crippen MR) is 66.1 cm³/mol. The summed E-state index contributed by atoms with van der Waals surface area (Å²) >= 11 is 4.38. The molecule has 0 aliphatic heterocycles. The summed E-state index contributed by atoms with van der Waals surface area (Å²) in [5.74, 6) is -0.297. The minimum absolute atomic E-state index is 0.297. The van der Waals surface area contributed by atoms with Crippen LogP contribution in [0.4, 0.5) is 0 Å². The van der Waals surface area contributed by atoms with Crippen LogP contribution in [0.15, 0.2) is 29.2 Å². The standard InChI is InChI=1S/C12H13NO2S/c1-3-15-12(14)9-7-8-5-4-6-10(16)11(8)13(9)2/h4-7,16H,3H2,1-2H3. The largest absolute Gasteiger partial charge is 0.461 e. The number of ether oxygens (including phenoxy) is 1. The van der Waals surface area contributed by atoms with E-state index in [0.717, 1.165) is 15.8 Å². The Labute approximate surface area is 99.4 Å². The molecule has 2 aromatic rings. The Morgan fingerprint density at radius 1 is 1.50 bits per heavy atom. The van der Waals surface area contributed by atoms with Crippen LogP contribution in [0, 0.1) is 0 Å². The van der Waals surface area contributed by atoms with E-state index in [1.807, 2.05) is 35.9 Å². The number of nitrogens with zero attached hydrogens (tertiary/aromatic N) is 1. The third-order valence-electron chi connectivity index (χ3n) is 2.52. The Balaban J connectivity index is 2.61. The average molecular weight is 235 g/mol. The smallest absolute Gasteiger partial charge is 0.354 e. The predicted octanol–water partition coefficient (Wildman–Crippen LogP) is 2.64. The van der Waals surface area contributed by atoms with Crippen LogP contribution in [0.5, 0.6) is 0 Å². The number of aromatic nitrogens is 1. The van der Waals surface area contributed by atoms with Gasteiger partial charge in [0.1, 0.15) is 5.69 Å². The third kappa shape index (κ3) is 1.69. The number of rotatable bonds is 2. The Kier molecular flexibility index (Phi) is 2.92. The summed E-state index contributed by atoms with van der Waals surface area (Å²) in [5, 5.41) is 0.998. The lowest BCUT2D eigenvalue weighted by atomic mass is 10.2. The van der Waals surface area contributed by atoms with Crippen LogP contribution < -0.4 is 0 Å². The number of benzene rings is 1. The number of carbonyl (C=O) groups excluding carboxylic acids is 1. The molecule has 0 amide bonds. The molecule has 0 saturated carbocycles. The molecule has 2 rings (SSSR count). The maximum atomic E-state index is 11.7. The van der Waals surface area contributed by atoms with Crippen molar-refractivity contribution >= 4 is 29.5 Å². The maximum absolute atomic E-state index is 11.7. The van der Waals surface area contributed by atoms with Gasteiger partial charge in [0.25, 0.3) is 0 Å². The van der Waals surface area contributed by atoms with Crippen molar-refractivity contribution in [3.63, 3.8) is 0 Å². The summed E-state index contributed by atoms with van der Waals surface area (Å²) in [7, 11) is 1.84. The van der Waals surface area contributed by atoms with Crippen LogP contribution in [-0.4, -0.2) is 17.1 Å². The highest BCUT2D eigenvalue weighted by Crippen LogP contribution is 2.25. The van der Waals surface area contributed by atoms with E-state index in [1.165, 1.54) is 0 Å². The Bertz CT molecular complexity index is 545. The van der Waals surface area contributed by atoms with Gasteiger partial charge in [-0.2, -0.15) is 0 Å². The molecule has 16 heavy (non-hydrogen) atoms. The van der Waals surface area contributed by atoms with Crippen LogP contribution in [-0.2, 0) is 11.8 Å². The zero-order valence-corrected chi connectivity index (χ0v) is 10.1. The summed E-state index contributed by atoms with van der Waals surface area (Å²) in [5.41, 5.74) is 1.51. The van der Waals surface area contributed by atoms with E-state index >= 15 is 0 Å². The number of carbonyl (C=O) groups is 1. The number of hydrogen-bond acceptors (Lipinski definition) is 3. The van der Waals surface area contributed by atoms with E-state index in [0.29, 0.717) is 12.3 Å². The van der Waals surface area contributed by atoms with Gasteiger partial charge in [-0.1, -0.05) is 12.1 Å². The summed E-state index contributed by atoms with van der Waals surface area (Å²) in [4.78, 5) is 12.5. The number of hydrogen-bond donors (Lipinski definition) is 1. The van der Waals surface area contributed by atoms with Crippen LogP contribution >= 0.6 is 12.6 Å². The molecule has 0 atom stereocenters. The van der Waals surface area contributed by atoms with Crippen molar-refractivity contribution in [3.8, 4) is 0 Å². The Morgan fingerprint density at radius 2 is 2.25 bits per heavy atom. The molecule has 0 saturated heterocycles. The highest BCUT2D eigenvalue weighted by Gasteiger charge is 2.15. The molecule has 1 aromatic carbocycles. The van der Waals surface area contributed by atoms with Gasteiger partial charge in [-0.15, -0.1) is 12.6 Å². The fraction of sp³-hybridized carbons (Fsp3) is 0.250. The topological polar surface area (TPSA) is 31.2 Å². The van der Waals surface area contributed by atoms with Crippen molar-refractivity contribution in [2.75, 3.05) is 6.61 Å². The number of aryl methyl sites for hydroxylation is 1. The SMILES string of the molecule is CCOC(=O)c1cc2cccc(S)c2n1C. The zero-order chi connectivity index (χ0) is 11.7. The minimum atomic E-state index is -0.297. The van der Waals surface area contributed by atoms with Gasteiger partial charge >= 0.3 is 5.97 Å². The first kappa shape index (κ1) is 11.1. The molecule has 1 aromatic heterocycles. The lowest BCUT2D eigenvalue weighted by Crippen LogP contribution is -2.09. The summed E-state index contributed by atoms with van der Waals surface area (Å²) in [6, 6.07) is 7.60. The first-order valence-corrected chi connectivity index (χ1v) is 5.54. The van der Waals surface area contributed by atoms with Gasteiger partial charge in [0, 0.05) is 17.3 Å². The quantitative estimate of drug-likeness (QED) is 0.641. The van der Waals surface area contributed by atoms with Gasteiger partial charge in [0.05, 0.1) is 12.1 Å². The molecule has 0 aliphatic carbocycles. The lowest BCUT2D eigenvalue weighted by molar-refractivity contribution is 0.0516. The lowest BCUT2D eigenvalue weighted by Gasteiger charge is -2.04. The minimum Gasteiger partial charge on any atom is -0.461 e. The fourth-order valence-corrected chi connectivity index (χ4v) is 2.16. The highest BCUT2D eigenvalue weighted by atomic mass is 32.1. The second-order valence-electron chi connectivity index (χ2n) is 3.52. The van der Waals surface area contributed by atoms with Crippen molar-refractivity contribution < 1.29 is 9.53 Å². The van der Waals surface area contributed by atoms with Crippen molar-refractivity contribution in [3.05, 3.63) is 30.0 Å². The van der Waals surface area contributed by atoms with Gasteiger partial charge in [-0.05, 0) is 19.1 Å². The number of thiol groups is 1. The highest BCUT2D eigenvalue weighted by molar-refractivity contribution is 7.80. The molecular weight excluding hydrogens is 222 g/mol. The van der Waals surface area contributed by atoms with Crippen LogP contribution in [0.25, 0.3) is 10.9 Å². The normalized spacial score (nSPS) is 10.7. The molecule has 0 spiro atoms. The van der Waals surface area contributed by atoms with E-state index < -0.39 is 0 Å². The first-order chi connectivity index (χ1) is 7.65. The molecule has 4 heteroatoms. The molecular formula is C12H13NO2S. The first-order valence-electron chi connectivity index (χ1n) is 5.09. The molecule has 0 unspecified atom stereocenters. The van der Waals surface area contributed by atoms with Gasteiger partial charge in [-0.3, -0.25) is 0 Å². The third-order valence-corrected chi connectivity index (χ3v) is 2.88. The van der Waals surface area contributed by atoms with Crippen LogP contribution in [0.1, 0.15) is 17.4 Å². The van der Waals surface area contributed by atoms with Crippen molar-refractivity contribution in [1.82, 2.24) is 4.57 Å². The van der Waals surface area contributed by atoms with E-state index in [-0.39, 0.29) is 5.97 Å². The second kappa shape index (κ2) is 4.22. The molecule has 0 aliphatic rings. The van der Waals surface area contributed by atoms with E-state index in [2.05, 4.69) is 12.6 Å². The second-order valence-corrected chi connectivity index (χ2v) is 4.01. The van der Waals surface area contributed by atoms with Crippen molar-refractivity contribution in [2.24, 2.45) is 7.05 Å². The van der Waals surface area contributed by atoms with Gasteiger partial charge in [0.2, 0.25) is 0 Å². The summed E-state index contributed by atoms with van der Waals surface area (Å²) in [6.45, 7) is 2.18. The van der Waals surface area contributed by atoms with Crippen molar-refractivity contribution in [2.45, 2.75) is 11.8 Å². The van der Waals surface area contributed by atoms with Crippen LogP contribution in [0.2, 0.25) is 0 Å². The summed E-state index contributed by atoms with van der Waals surface area (Å²) in [6.07, 6.45) is 0. The maximum Gasteiger partial charge on any atom is 0.354 e. The Hall–Kier alpha value is -1.42. The van der Waals surface area contributed by atoms with E-state index in [9.17, 15) is 4.79 Å². The molecule has 0 bridgehead atoms. The average Bonchev–Trinajstić information content (AvgIpc) is 2.58. The fourth-order valence-electron chi connectivity index (χ4n) is 1.80. The molecule has 1 heterocycles. The molecule has 0 N–H and O–H groups in total. The van der Waals surface area contributed by atoms with E-state index in [4.69, 9.17) is 4.74 Å². The summed E-state index contributed by atoms with van der Waals surface area (Å²) < 4.78 is 6.81. The van der Waals surface area contributed by atoms with Gasteiger partial charge < -0.3 is 9.30 Å². The molecule has 0 fully saturated rings. The van der Waals surface area contributed by atoms with Gasteiger partial charge in [-0.25, -0.2) is 4.79 Å². The monoisotopic (exact) mass is 235 g/mol. The number of fused-ring (bicyclic) bond motifs is 1. The number of esters is 1. The Morgan fingerprint density at radius 3 is 2.88 bits per heavy atom. The zero-order valence-electron chi connectivity index (χ0n) is 9.23. The van der Waals surface area contributed by atoms with Crippen LogP contribution in [0.3, 0.4) is 0 Å². The molecule has 3 nitrogen and oxygen atoms in total. The molecule has 0 radical (unpaired) electrons.